The molecule has 0 radical (unpaired) electrons. The maximum atomic E-state index is 6.98. The molecule has 83 heavy (non-hydrogen) atoms. The lowest BCUT2D eigenvalue weighted by atomic mass is 9.70. The summed E-state index contributed by atoms with van der Waals surface area (Å²) in [5.41, 5.74) is 25.6. The number of furan rings is 2. The van der Waals surface area contributed by atoms with E-state index in [2.05, 4.69) is 301 Å². The number of rotatable bonds is 9. The SMILES string of the molecule is c1ccc(-c2ccc(N(c3cc(-c4ccc5c(c4)C4(c6ccccc6-c6ccccc64)c4ccccc4-5)cc(N(c4ccc(-c5ccccc5)cc4)c4cccc5c4oc4ccccc45)c3)c3cccc4c3oc3ccccc34)cc2)cc1. The van der Waals surface area contributed by atoms with Crippen molar-refractivity contribution in [2.45, 2.75) is 5.41 Å². The number of hydrogen-bond donors (Lipinski definition) is 0. The Labute approximate surface area is 480 Å². The van der Waals surface area contributed by atoms with Gasteiger partial charge in [-0.1, -0.05) is 231 Å². The zero-order valence-electron chi connectivity index (χ0n) is 45.1. The minimum absolute atomic E-state index is 0.525. The van der Waals surface area contributed by atoms with Crippen LogP contribution in [0.25, 0.3) is 99.5 Å². The highest BCUT2D eigenvalue weighted by Gasteiger charge is 2.51. The standard InChI is InChI=1S/C79H50N2O2/c1-3-19-51(20-4-1)53-37-42-57(43-38-53)80(73-33-17-28-67-65-26-10-15-35-75(65)82-77(67)73)59-47-56(55-41-46-64-63-25-9-14-32-71(63)79(72(64)49-55)69-30-12-7-23-61(69)62-24-8-13-31-70(62)79)48-60(50-59)81(58-44-39-54(40-45-58)52-21-5-2-6-22-52)74-34-18-29-68-66-27-11-16-36-76(66)83-78(68)74/h1-50H. The molecule has 2 heterocycles. The van der Waals surface area contributed by atoms with Gasteiger partial charge in [0.25, 0.3) is 0 Å². The fourth-order valence-corrected chi connectivity index (χ4v) is 13.8. The Hall–Kier alpha value is -10.9. The number of para-hydroxylation sites is 4. The van der Waals surface area contributed by atoms with Crippen molar-refractivity contribution in [1.29, 1.82) is 0 Å². The van der Waals surface area contributed by atoms with Crippen molar-refractivity contribution in [3.8, 4) is 55.6 Å². The molecule has 4 heteroatoms. The van der Waals surface area contributed by atoms with Gasteiger partial charge in [-0.25, -0.2) is 0 Å². The average molecular weight is 1060 g/mol. The third kappa shape index (κ3) is 7.19. The summed E-state index contributed by atoms with van der Waals surface area (Å²) in [6, 6.07) is 110. The first-order valence-corrected chi connectivity index (χ1v) is 28.5. The molecule has 0 saturated carbocycles. The van der Waals surface area contributed by atoms with Crippen LogP contribution in [0.3, 0.4) is 0 Å². The van der Waals surface area contributed by atoms with Crippen LogP contribution in [0.2, 0.25) is 0 Å². The summed E-state index contributed by atoms with van der Waals surface area (Å²) >= 11 is 0. The van der Waals surface area contributed by atoms with E-state index in [0.717, 1.165) is 111 Å². The molecule has 0 N–H and O–H groups in total. The van der Waals surface area contributed by atoms with Gasteiger partial charge in [0, 0.05) is 44.3 Å². The first kappa shape index (κ1) is 46.9. The van der Waals surface area contributed by atoms with Crippen molar-refractivity contribution < 1.29 is 8.83 Å². The van der Waals surface area contributed by atoms with Crippen LogP contribution in [-0.4, -0.2) is 0 Å². The lowest BCUT2D eigenvalue weighted by molar-refractivity contribution is 0.669. The summed E-state index contributed by atoms with van der Waals surface area (Å²) in [7, 11) is 0. The summed E-state index contributed by atoms with van der Waals surface area (Å²) in [6.07, 6.45) is 0. The van der Waals surface area contributed by atoms with E-state index in [-0.39, 0.29) is 0 Å². The molecule has 0 unspecified atom stereocenters. The molecular formula is C79H50N2O2. The number of hydrogen-bond acceptors (Lipinski definition) is 4. The van der Waals surface area contributed by atoms with E-state index < -0.39 is 5.41 Å². The minimum atomic E-state index is -0.525. The number of benzene rings is 13. The van der Waals surface area contributed by atoms with Crippen molar-refractivity contribution >= 4 is 78.0 Å². The molecule has 0 fully saturated rings. The highest BCUT2D eigenvalue weighted by atomic mass is 16.3. The summed E-state index contributed by atoms with van der Waals surface area (Å²) in [6.45, 7) is 0. The predicted octanol–water partition coefficient (Wildman–Crippen LogP) is 21.8. The maximum Gasteiger partial charge on any atom is 0.159 e. The highest BCUT2D eigenvalue weighted by Crippen LogP contribution is 2.63. The van der Waals surface area contributed by atoms with E-state index in [1.807, 2.05) is 12.1 Å². The van der Waals surface area contributed by atoms with E-state index in [9.17, 15) is 0 Å². The first-order chi connectivity index (χ1) is 41.2. The largest absolute Gasteiger partial charge is 0.454 e. The Bertz CT molecular complexity index is 4750. The van der Waals surface area contributed by atoms with Crippen molar-refractivity contribution in [3.05, 3.63) is 326 Å². The van der Waals surface area contributed by atoms with Gasteiger partial charge in [0.1, 0.15) is 11.2 Å². The Morgan fingerprint density at radius 2 is 0.602 bits per heavy atom. The molecule has 388 valence electrons. The quantitative estimate of drug-likeness (QED) is 0.144. The van der Waals surface area contributed by atoms with E-state index in [1.165, 1.54) is 44.5 Å². The van der Waals surface area contributed by atoms with E-state index in [4.69, 9.17) is 8.83 Å². The Morgan fingerprint density at radius 1 is 0.229 bits per heavy atom. The molecule has 1 spiro atoms. The van der Waals surface area contributed by atoms with Crippen LogP contribution in [0.1, 0.15) is 22.3 Å². The molecule has 0 saturated heterocycles. The highest BCUT2D eigenvalue weighted by molar-refractivity contribution is 6.12. The van der Waals surface area contributed by atoms with Crippen LogP contribution in [0, 0.1) is 0 Å². The van der Waals surface area contributed by atoms with Gasteiger partial charge in [-0.15, -0.1) is 0 Å². The Morgan fingerprint density at radius 3 is 1.07 bits per heavy atom. The van der Waals surface area contributed by atoms with Crippen LogP contribution < -0.4 is 9.80 Å². The zero-order chi connectivity index (χ0) is 54.6. The molecule has 17 rings (SSSR count). The molecule has 15 aromatic rings. The molecule has 13 aromatic carbocycles. The van der Waals surface area contributed by atoms with Crippen molar-refractivity contribution in [1.82, 2.24) is 0 Å². The number of anilines is 6. The van der Waals surface area contributed by atoms with Crippen LogP contribution >= 0.6 is 0 Å². The molecule has 4 nitrogen and oxygen atoms in total. The number of nitrogens with zero attached hydrogens (tertiary/aromatic N) is 2. The van der Waals surface area contributed by atoms with Gasteiger partial charge in [-0.05, 0) is 151 Å². The number of fused-ring (bicyclic) bond motifs is 16. The molecule has 2 aliphatic rings. The van der Waals surface area contributed by atoms with Crippen molar-refractivity contribution in [2.24, 2.45) is 0 Å². The van der Waals surface area contributed by atoms with E-state index in [1.54, 1.807) is 0 Å². The van der Waals surface area contributed by atoms with Crippen molar-refractivity contribution in [3.63, 3.8) is 0 Å². The van der Waals surface area contributed by atoms with Crippen LogP contribution in [0.15, 0.2) is 312 Å². The van der Waals surface area contributed by atoms with Gasteiger partial charge in [-0.3, -0.25) is 0 Å². The molecule has 2 aromatic heterocycles. The van der Waals surface area contributed by atoms with Gasteiger partial charge >= 0.3 is 0 Å². The van der Waals surface area contributed by atoms with E-state index in [0.29, 0.717) is 0 Å². The third-order valence-electron chi connectivity index (χ3n) is 17.5. The van der Waals surface area contributed by atoms with Gasteiger partial charge < -0.3 is 18.6 Å². The summed E-state index contributed by atoms with van der Waals surface area (Å²) in [4.78, 5) is 4.78. The van der Waals surface area contributed by atoms with Gasteiger partial charge in [0.2, 0.25) is 0 Å². The normalized spacial score (nSPS) is 12.7. The summed E-state index contributed by atoms with van der Waals surface area (Å²) in [5.74, 6) is 0. The Balaban J connectivity index is 0.956. The smallest absolute Gasteiger partial charge is 0.159 e. The fraction of sp³-hybridized carbons (Fsp3) is 0.0127. The molecule has 2 aliphatic carbocycles. The van der Waals surface area contributed by atoms with Crippen molar-refractivity contribution in [2.75, 3.05) is 9.80 Å². The van der Waals surface area contributed by atoms with Gasteiger partial charge in [0.15, 0.2) is 11.2 Å². The molecule has 0 atom stereocenters. The van der Waals surface area contributed by atoms with Gasteiger partial charge in [0.05, 0.1) is 16.8 Å². The fourth-order valence-electron chi connectivity index (χ4n) is 13.8. The monoisotopic (exact) mass is 1060 g/mol. The third-order valence-corrected chi connectivity index (χ3v) is 17.5. The van der Waals surface area contributed by atoms with Crippen LogP contribution in [-0.2, 0) is 5.41 Å². The lowest BCUT2D eigenvalue weighted by Crippen LogP contribution is -2.25. The topological polar surface area (TPSA) is 32.8 Å². The molecule has 0 bridgehead atoms. The molecular weight excluding hydrogens is 1010 g/mol. The first-order valence-electron chi connectivity index (χ1n) is 28.5. The Kier molecular flexibility index (Phi) is 10.5. The molecule has 0 aliphatic heterocycles. The minimum Gasteiger partial charge on any atom is -0.454 e. The maximum absolute atomic E-state index is 6.98. The average Bonchev–Trinajstić information content (AvgIpc) is 1.91. The second kappa shape index (κ2) is 18.6. The summed E-state index contributed by atoms with van der Waals surface area (Å²) < 4.78 is 14.0. The summed E-state index contributed by atoms with van der Waals surface area (Å²) in [5, 5.41) is 4.26. The molecule has 0 amide bonds. The lowest BCUT2D eigenvalue weighted by Gasteiger charge is -2.31. The second-order valence-corrected chi connectivity index (χ2v) is 21.9. The zero-order valence-corrected chi connectivity index (χ0v) is 45.1. The van der Waals surface area contributed by atoms with Crippen LogP contribution in [0.5, 0.6) is 0 Å². The van der Waals surface area contributed by atoms with Crippen LogP contribution in [0.4, 0.5) is 34.1 Å². The van der Waals surface area contributed by atoms with Gasteiger partial charge in [-0.2, -0.15) is 0 Å². The predicted molar refractivity (Wildman–Crippen MR) is 343 cm³/mol. The van der Waals surface area contributed by atoms with E-state index >= 15 is 0 Å². The second-order valence-electron chi connectivity index (χ2n) is 21.9.